The van der Waals surface area contributed by atoms with Crippen LogP contribution in [-0.2, 0) is 0 Å². The van der Waals surface area contributed by atoms with E-state index in [2.05, 4.69) is 9.97 Å². The first-order chi connectivity index (χ1) is 6.24. The fourth-order valence-corrected chi connectivity index (χ4v) is 0.703. The van der Waals surface area contributed by atoms with Gasteiger partial charge in [0.2, 0.25) is 5.88 Å². The zero-order valence-corrected chi connectivity index (χ0v) is 6.80. The van der Waals surface area contributed by atoms with Crippen LogP contribution in [-0.4, -0.2) is 34.2 Å². The quantitative estimate of drug-likeness (QED) is 0.620. The monoisotopic (exact) mass is 183 g/mol. The predicted molar refractivity (Wildman–Crippen MR) is 43.1 cm³/mol. The Labute approximate surface area is 74.4 Å². The van der Waals surface area contributed by atoms with Gasteiger partial charge in [0.25, 0.3) is 5.91 Å². The molecule has 1 heterocycles. The highest BCUT2D eigenvalue weighted by Gasteiger charge is 2.03. The van der Waals surface area contributed by atoms with Crippen molar-refractivity contribution in [2.75, 3.05) is 13.2 Å². The van der Waals surface area contributed by atoms with Crippen LogP contribution < -0.4 is 10.5 Å². The average molecular weight is 183 g/mol. The number of hydrogen-bond donors (Lipinski definition) is 2. The molecule has 13 heavy (non-hydrogen) atoms. The van der Waals surface area contributed by atoms with Gasteiger partial charge in [-0.2, -0.15) is 0 Å². The molecule has 1 amide bonds. The van der Waals surface area contributed by atoms with Gasteiger partial charge in [-0.25, -0.2) is 9.97 Å². The number of nitrogens with two attached hydrogens (primary N) is 1. The Kier molecular flexibility index (Phi) is 3.15. The van der Waals surface area contributed by atoms with E-state index >= 15 is 0 Å². The second-order valence-electron chi connectivity index (χ2n) is 2.18. The molecule has 3 N–H and O–H groups in total. The molecule has 0 unspecified atom stereocenters. The lowest BCUT2D eigenvalue weighted by molar-refractivity contribution is 0.0994. The van der Waals surface area contributed by atoms with Crippen LogP contribution in [0.5, 0.6) is 5.88 Å². The minimum absolute atomic E-state index is 0.0861. The van der Waals surface area contributed by atoms with Gasteiger partial charge < -0.3 is 15.6 Å². The number of aromatic nitrogens is 2. The fraction of sp³-hybridized carbons (Fsp3) is 0.286. The molecule has 0 aliphatic heterocycles. The number of primary amides is 1. The van der Waals surface area contributed by atoms with Crippen molar-refractivity contribution >= 4 is 5.91 Å². The summed E-state index contributed by atoms with van der Waals surface area (Å²) in [6.45, 7) is 0.00508. The summed E-state index contributed by atoms with van der Waals surface area (Å²) < 4.78 is 4.94. The van der Waals surface area contributed by atoms with Crippen molar-refractivity contribution in [3.05, 3.63) is 18.1 Å². The minimum atomic E-state index is -0.642. The van der Waals surface area contributed by atoms with Crippen molar-refractivity contribution in [1.82, 2.24) is 9.97 Å². The summed E-state index contributed by atoms with van der Waals surface area (Å²) in [6, 6.07) is 1.32. The van der Waals surface area contributed by atoms with Gasteiger partial charge in [-0.15, -0.1) is 0 Å². The number of rotatable bonds is 4. The highest BCUT2D eigenvalue weighted by atomic mass is 16.5. The number of hydrogen-bond acceptors (Lipinski definition) is 5. The lowest BCUT2D eigenvalue weighted by atomic mass is 10.4. The van der Waals surface area contributed by atoms with E-state index in [9.17, 15) is 4.79 Å². The summed E-state index contributed by atoms with van der Waals surface area (Å²) >= 11 is 0. The Morgan fingerprint density at radius 2 is 2.38 bits per heavy atom. The molecular weight excluding hydrogens is 174 g/mol. The van der Waals surface area contributed by atoms with Crippen molar-refractivity contribution in [3.63, 3.8) is 0 Å². The maximum Gasteiger partial charge on any atom is 0.267 e. The topological polar surface area (TPSA) is 98.3 Å². The van der Waals surface area contributed by atoms with Crippen molar-refractivity contribution in [1.29, 1.82) is 0 Å². The van der Waals surface area contributed by atoms with Crippen LogP contribution >= 0.6 is 0 Å². The molecule has 0 aliphatic carbocycles. The third kappa shape index (κ3) is 2.68. The van der Waals surface area contributed by atoms with Crippen LogP contribution in [0.25, 0.3) is 0 Å². The zero-order chi connectivity index (χ0) is 9.68. The summed E-state index contributed by atoms with van der Waals surface area (Å²) in [5, 5.41) is 8.45. The summed E-state index contributed by atoms with van der Waals surface area (Å²) in [6.07, 6.45) is 1.17. The van der Waals surface area contributed by atoms with E-state index in [1.807, 2.05) is 0 Å². The molecular formula is C7H9N3O3. The number of carbonyl (C=O) groups excluding carboxylic acids is 1. The summed E-state index contributed by atoms with van der Waals surface area (Å²) in [5.41, 5.74) is 5.06. The zero-order valence-electron chi connectivity index (χ0n) is 6.80. The van der Waals surface area contributed by atoms with E-state index in [4.69, 9.17) is 15.6 Å². The standard InChI is InChI=1S/C7H9N3O3/c8-7(12)5-3-6(10-4-9-5)13-2-1-11/h3-4,11H,1-2H2,(H2,8,12). The van der Waals surface area contributed by atoms with Gasteiger partial charge in [0.15, 0.2) is 0 Å². The third-order valence-corrected chi connectivity index (χ3v) is 1.24. The molecule has 6 nitrogen and oxygen atoms in total. The second kappa shape index (κ2) is 4.36. The Morgan fingerprint density at radius 1 is 1.62 bits per heavy atom. The van der Waals surface area contributed by atoms with Crippen molar-refractivity contribution in [3.8, 4) is 5.88 Å². The van der Waals surface area contributed by atoms with Gasteiger partial charge in [-0.3, -0.25) is 4.79 Å². The smallest absolute Gasteiger partial charge is 0.267 e. The number of aliphatic hydroxyl groups is 1. The predicted octanol–water partition coefficient (Wildman–Crippen LogP) is -1.05. The van der Waals surface area contributed by atoms with E-state index in [0.717, 1.165) is 0 Å². The van der Waals surface area contributed by atoms with E-state index in [0.29, 0.717) is 0 Å². The maximum absolute atomic E-state index is 10.7. The highest BCUT2D eigenvalue weighted by molar-refractivity contribution is 5.90. The van der Waals surface area contributed by atoms with Gasteiger partial charge in [-0.05, 0) is 0 Å². The molecule has 0 saturated carbocycles. The first-order valence-corrected chi connectivity index (χ1v) is 3.59. The van der Waals surface area contributed by atoms with E-state index in [1.165, 1.54) is 12.4 Å². The second-order valence-corrected chi connectivity index (χ2v) is 2.18. The Hall–Kier alpha value is -1.69. The Balaban J connectivity index is 2.73. The molecule has 6 heteroatoms. The van der Waals surface area contributed by atoms with Crippen molar-refractivity contribution in [2.24, 2.45) is 5.73 Å². The Morgan fingerprint density at radius 3 is 3.00 bits per heavy atom. The average Bonchev–Trinajstić information content (AvgIpc) is 2.15. The van der Waals surface area contributed by atoms with Gasteiger partial charge >= 0.3 is 0 Å². The largest absolute Gasteiger partial charge is 0.475 e. The number of aliphatic hydroxyl groups excluding tert-OH is 1. The summed E-state index contributed by atoms with van der Waals surface area (Å²) in [5.74, 6) is -0.422. The van der Waals surface area contributed by atoms with Crippen molar-refractivity contribution in [2.45, 2.75) is 0 Å². The van der Waals surface area contributed by atoms with Gasteiger partial charge in [-0.1, -0.05) is 0 Å². The van der Waals surface area contributed by atoms with E-state index in [-0.39, 0.29) is 24.8 Å². The van der Waals surface area contributed by atoms with Crippen LogP contribution in [0.15, 0.2) is 12.4 Å². The number of carbonyl (C=O) groups is 1. The number of amides is 1. The van der Waals surface area contributed by atoms with Gasteiger partial charge in [0, 0.05) is 6.07 Å². The molecule has 0 fully saturated rings. The van der Waals surface area contributed by atoms with E-state index < -0.39 is 5.91 Å². The first kappa shape index (κ1) is 9.40. The summed E-state index contributed by atoms with van der Waals surface area (Å²) in [4.78, 5) is 18.0. The van der Waals surface area contributed by atoms with Gasteiger partial charge in [0.1, 0.15) is 18.6 Å². The van der Waals surface area contributed by atoms with Gasteiger partial charge in [0.05, 0.1) is 6.61 Å². The molecule has 0 aromatic carbocycles. The highest BCUT2D eigenvalue weighted by Crippen LogP contribution is 2.05. The molecule has 0 spiro atoms. The molecule has 1 aromatic heterocycles. The minimum Gasteiger partial charge on any atom is -0.475 e. The molecule has 0 atom stereocenters. The number of ether oxygens (including phenoxy) is 1. The lowest BCUT2D eigenvalue weighted by Crippen LogP contribution is -2.13. The SMILES string of the molecule is NC(=O)c1cc(OCCO)ncn1. The normalized spacial score (nSPS) is 9.62. The fourth-order valence-electron chi connectivity index (χ4n) is 0.703. The molecule has 0 radical (unpaired) electrons. The molecule has 0 bridgehead atoms. The van der Waals surface area contributed by atoms with Crippen LogP contribution in [0.4, 0.5) is 0 Å². The number of nitrogens with zero attached hydrogens (tertiary/aromatic N) is 2. The molecule has 70 valence electrons. The maximum atomic E-state index is 10.7. The van der Waals surface area contributed by atoms with Crippen LogP contribution in [0.2, 0.25) is 0 Å². The molecule has 1 aromatic rings. The first-order valence-electron chi connectivity index (χ1n) is 3.59. The molecule has 1 rings (SSSR count). The van der Waals surface area contributed by atoms with Crippen LogP contribution in [0.1, 0.15) is 10.5 Å². The van der Waals surface area contributed by atoms with E-state index in [1.54, 1.807) is 0 Å². The summed E-state index contributed by atoms with van der Waals surface area (Å²) in [7, 11) is 0. The molecule has 0 saturated heterocycles. The Bertz CT molecular complexity index is 303. The molecule has 0 aliphatic rings. The van der Waals surface area contributed by atoms with Crippen LogP contribution in [0.3, 0.4) is 0 Å². The lowest BCUT2D eigenvalue weighted by Gasteiger charge is -2.02. The van der Waals surface area contributed by atoms with Crippen LogP contribution in [0, 0.1) is 0 Å². The third-order valence-electron chi connectivity index (χ3n) is 1.24. The van der Waals surface area contributed by atoms with Crippen molar-refractivity contribution < 1.29 is 14.6 Å².